The number of rotatable bonds is 5. The monoisotopic (exact) mass is 282 g/mol. The van der Waals surface area contributed by atoms with Crippen LogP contribution in [-0.4, -0.2) is 48.8 Å². The van der Waals surface area contributed by atoms with Gasteiger partial charge in [0.1, 0.15) is 0 Å². The standard InChI is InChI=1S/C17H34N2O/c1-5-17(4)13-19(12-16-8-6-7-9-20-16)15(11-18-17)10-14(2)3/h14-16,18H,5-13H2,1-4H3. The fourth-order valence-electron chi connectivity index (χ4n) is 3.57. The van der Waals surface area contributed by atoms with Gasteiger partial charge in [-0.05, 0) is 44.9 Å². The van der Waals surface area contributed by atoms with Crippen LogP contribution in [-0.2, 0) is 4.74 Å². The molecule has 0 aromatic rings. The van der Waals surface area contributed by atoms with Crippen molar-refractivity contribution in [1.82, 2.24) is 10.2 Å². The molecule has 0 amide bonds. The van der Waals surface area contributed by atoms with E-state index in [9.17, 15) is 0 Å². The normalized spacial score (nSPS) is 36.5. The predicted molar refractivity (Wildman–Crippen MR) is 85.1 cm³/mol. The van der Waals surface area contributed by atoms with Crippen LogP contribution >= 0.6 is 0 Å². The van der Waals surface area contributed by atoms with Crippen LogP contribution in [0, 0.1) is 5.92 Å². The van der Waals surface area contributed by atoms with Crippen molar-refractivity contribution in [2.45, 2.75) is 77.5 Å². The summed E-state index contributed by atoms with van der Waals surface area (Å²) in [4.78, 5) is 2.72. The molecule has 20 heavy (non-hydrogen) atoms. The van der Waals surface area contributed by atoms with Crippen LogP contribution in [0.3, 0.4) is 0 Å². The zero-order chi connectivity index (χ0) is 14.6. The summed E-state index contributed by atoms with van der Waals surface area (Å²) in [6.07, 6.45) is 6.80. The molecule has 3 unspecified atom stereocenters. The Morgan fingerprint density at radius 3 is 2.75 bits per heavy atom. The van der Waals surface area contributed by atoms with Crippen molar-refractivity contribution in [2.75, 3.05) is 26.2 Å². The van der Waals surface area contributed by atoms with Gasteiger partial charge in [-0.3, -0.25) is 4.90 Å². The van der Waals surface area contributed by atoms with Gasteiger partial charge >= 0.3 is 0 Å². The van der Waals surface area contributed by atoms with E-state index in [1.54, 1.807) is 0 Å². The van der Waals surface area contributed by atoms with Crippen molar-refractivity contribution in [3.63, 3.8) is 0 Å². The summed E-state index contributed by atoms with van der Waals surface area (Å²) < 4.78 is 5.97. The first kappa shape index (κ1) is 16.3. The molecule has 2 heterocycles. The van der Waals surface area contributed by atoms with Gasteiger partial charge in [0.25, 0.3) is 0 Å². The molecule has 0 aliphatic carbocycles. The Hall–Kier alpha value is -0.120. The lowest BCUT2D eigenvalue weighted by Crippen LogP contribution is -2.64. The molecule has 3 atom stereocenters. The van der Waals surface area contributed by atoms with Gasteiger partial charge in [-0.15, -0.1) is 0 Å². The van der Waals surface area contributed by atoms with Gasteiger partial charge in [0.15, 0.2) is 0 Å². The van der Waals surface area contributed by atoms with E-state index in [0.717, 1.165) is 25.6 Å². The van der Waals surface area contributed by atoms with Crippen LogP contribution in [0.5, 0.6) is 0 Å². The number of ether oxygens (including phenoxy) is 1. The highest BCUT2D eigenvalue weighted by atomic mass is 16.5. The zero-order valence-electron chi connectivity index (χ0n) is 14.0. The molecule has 2 aliphatic heterocycles. The average Bonchev–Trinajstić information content (AvgIpc) is 2.43. The molecule has 2 fully saturated rings. The topological polar surface area (TPSA) is 24.5 Å². The minimum Gasteiger partial charge on any atom is -0.377 e. The van der Waals surface area contributed by atoms with Gasteiger partial charge in [-0.25, -0.2) is 0 Å². The summed E-state index contributed by atoms with van der Waals surface area (Å²) in [6.45, 7) is 13.7. The molecule has 3 heteroatoms. The number of nitrogens with one attached hydrogen (secondary N) is 1. The fourth-order valence-corrected chi connectivity index (χ4v) is 3.57. The van der Waals surface area contributed by atoms with Gasteiger partial charge < -0.3 is 10.1 Å². The van der Waals surface area contributed by atoms with Crippen LogP contribution in [0.15, 0.2) is 0 Å². The Balaban J connectivity index is 1.96. The van der Waals surface area contributed by atoms with E-state index < -0.39 is 0 Å². The van der Waals surface area contributed by atoms with Gasteiger partial charge in [0.05, 0.1) is 6.10 Å². The first-order valence-corrected chi connectivity index (χ1v) is 8.63. The number of nitrogens with zero attached hydrogens (tertiary/aromatic N) is 1. The van der Waals surface area contributed by atoms with E-state index in [2.05, 4.69) is 37.9 Å². The largest absolute Gasteiger partial charge is 0.377 e. The van der Waals surface area contributed by atoms with Gasteiger partial charge in [-0.2, -0.15) is 0 Å². The van der Waals surface area contributed by atoms with Gasteiger partial charge in [0, 0.05) is 37.8 Å². The molecule has 0 bridgehead atoms. The summed E-state index contributed by atoms with van der Waals surface area (Å²) in [6, 6.07) is 0.681. The highest BCUT2D eigenvalue weighted by Gasteiger charge is 2.35. The number of piperazine rings is 1. The second-order valence-corrected chi connectivity index (χ2v) is 7.50. The molecule has 2 rings (SSSR count). The van der Waals surface area contributed by atoms with Crippen LogP contribution in [0.1, 0.15) is 59.8 Å². The predicted octanol–water partition coefficient (Wildman–Crippen LogP) is 3.04. The van der Waals surface area contributed by atoms with Crippen molar-refractivity contribution in [1.29, 1.82) is 0 Å². The Morgan fingerprint density at radius 2 is 2.15 bits per heavy atom. The van der Waals surface area contributed by atoms with Crippen LogP contribution < -0.4 is 5.32 Å². The lowest BCUT2D eigenvalue weighted by molar-refractivity contribution is -0.0311. The summed E-state index contributed by atoms with van der Waals surface area (Å²) in [5, 5.41) is 3.79. The maximum atomic E-state index is 5.97. The van der Waals surface area contributed by atoms with Crippen LogP contribution in [0.4, 0.5) is 0 Å². The molecule has 2 aliphatic rings. The van der Waals surface area contributed by atoms with Crippen molar-refractivity contribution in [3.8, 4) is 0 Å². The number of hydrogen-bond donors (Lipinski definition) is 1. The first-order chi connectivity index (χ1) is 9.52. The number of hydrogen-bond acceptors (Lipinski definition) is 3. The molecule has 118 valence electrons. The lowest BCUT2D eigenvalue weighted by Gasteiger charge is -2.47. The van der Waals surface area contributed by atoms with E-state index in [1.165, 1.54) is 38.6 Å². The van der Waals surface area contributed by atoms with E-state index >= 15 is 0 Å². The highest BCUT2D eigenvalue weighted by molar-refractivity contribution is 4.95. The molecule has 0 radical (unpaired) electrons. The second kappa shape index (κ2) is 7.24. The van der Waals surface area contributed by atoms with Crippen molar-refractivity contribution >= 4 is 0 Å². The molecule has 0 spiro atoms. The molecule has 0 saturated carbocycles. The highest BCUT2D eigenvalue weighted by Crippen LogP contribution is 2.24. The lowest BCUT2D eigenvalue weighted by atomic mass is 9.90. The van der Waals surface area contributed by atoms with E-state index in [0.29, 0.717) is 12.1 Å². The van der Waals surface area contributed by atoms with E-state index in [-0.39, 0.29) is 5.54 Å². The second-order valence-electron chi connectivity index (χ2n) is 7.50. The van der Waals surface area contributed by atoms with Gasteiger partial charge in [0.2, 0.25) is 0 Å². The quantitative estimate of drug-likeness (QED) is 0.839. The molecule has 1 N–H and O–H groups in total. The third-order valence-corrected chi connectivity index (χ3v) is 5.07. The molecule has 0 aromatic heterocycles. The minimum absolute atomic E-state index is 0.280. The zero-order valence-corrected chi connectivity index (χ0v) is 14.0. The maximum absolute atomic E-state index is 5.97. The Bertz CT molecular complexity index is 289. The van der Waals surface area contributed by atoms with Crippen molar-refractivity contribution < 1.29 is 4.74 Å². The smallest absolute Gasteiger partial charge is 0.0702 e. The van der Waals surface area contributed by atoms with E-state index in [1.807, 2.05) is 0 Å². The summed E-state index contributed by atoms with van der Waals surface area (Å²) in [5.74, 6) is 0.766. The first-order valence-electron chi connectivity index (χ1n) is 8.63. The minimum atomic E-state index is 0.280. The third-order valence-electron chi connectivity index (χ3n) is 5.07. The van der Waals surface area contributed by atoms with Crippen molar-refractivity contribution in [3.05, 3.63) is 0 Å². The summed E-state index contributed by atoms with van der Waals surface area (Å²) in [7, 11) is 0. The van der Waals surface area contributed by atoms with Gasteiger partial charge in [-0.1, -0.05) is 20.8 Å². The van der Waals surface area contributed by atoms with E-state index in [4.69, 9.17) is 4.74 Å². The summed E-state index contributed by atoms with van der Waals surface area (Å²) in [5.41, 5.74) is 0.280. The van der Waals surface area contributed by atoms with Crippen molar-refractivity contribution in [2.24, 2.45) is 5.92 Å². The SMILES string of the molecule is CCC1(C)CN(CC2CCCCO2)C(CC(C)C)CN1. The third kappa shape index (κ3) is 4.44. The Morgan fingerprint density at radius 1 is 1.35 bits per heavy atom. The fraction of sp³-hybridized carbons (Fsp3) is 1.00. The van der Waals surface area contributed by atoms with Crippen LogP contribution in [0.2, 0.25) is 0 Å². The molecule has 0 aromatic carbocycles. The Kier molecular flexibility index (Phi) is 5.88. The van der Waals surface area contributed by atoms with Crippen LogP contribution in [0.25, 0.3) is 0 Å². The molecular weight excluding hydrogens is 248 g/mol. The Labute approximate surface area is 125 Å². The maximum Gasteiger partial charge on any atom is 0.0702 e. The average molecular weight is 282 g/mol. The summed E-state index contributed by atoms with van der Waals surface area (Å²) >= 11 is 0. The molecular formula is C17H34N2O. The molecule has 3 nitrogen and oxygen atoms in total. The molecule has 2 saturated heterocycles.